The van der Waals surface area contributed by atoms with Gasteiger partial charge in [-0.2, -0.15) is 0 Å². The fourth-order valence-electron chi connectivity index (χ4n) is 3.22. The van der Waals surface area contributed by atoms with Gasteiger partial charge in [0.25, 0.3) is 0 Å². The van der Waals surface area contributed by atoms with Gasteiger partial charge in [0.2, 0.25) is 0 Å². The first-order valence-electron chi connectivity index (χ1n) is 10.9. The molecule has 0 aliphatic heterocycles. The second-order valence-corrected chi connectivity index (χ2v) is 6.52. The van der Waals surface area contributed by atoms with Gasteiger partial charge in [0.05, 0.1) is 6.85 Å². The third-order valence-corrected chi connectivity index (χ3v) is 4.83. The first-order chi connectivity index (χ1) is 15.4. The molecule has 2 nitrogen and oxygen atoms in total. The fourth-order valence-corrected chi connectivity index (χ4v) is 3.42. The summed E-state index contributed by atoms with van der Waals surface area (Å²) in [7, 11) is 0. The second-order valence-electron chi connectivity index (χ2n) is 6.16. The van der Waals surface area contributed by atoms with Crippen LogP contribution in [0.4, 0.5) is 0 Å². The van der Waals surface area contributed by atoms with Gasteiger partial charge >= 0.3 is 0 Å². The van der Waals surface area contributed by atoms with Crippen LogP contribution in [0.15, 0.2) is 90.9 Å². The third-order valence-electron chi connectivity index (χ3n) is 4.55. The Hall–Kier alpha value is -3.23. The Balaban J connectivity index is 1.74. The summed E-state index contributed by atoms with van der Waals surface area (Å²) in [6.07, 6.45) is 0. The normalized spacial score (nSPS) is 13.7. The molecule has 0 aliphatic rings. The maximum atomic E-state index is 8.25. The van der Waals surface area contributed by atoms with Crippen LogP contribution in [-0.2, 0) is 0 Å². The number of hydrogen-bond donors (Lipinski definition) is 0. The lowest BCUT2D eigenvalue weighted by Gasteiger charge is -2.10. The minimum absolute atomic E-state index is 0.123. The molecule has 0 saturated heterocycles. The third kappa shape index (κ3) is 2.84. The van der Waals surface area contributed by atoms with E-state index in [0.717, 1.165) is 21.7 Å². The number of nitrogens with zero attached hydrogens (tertiary/aromatic N) is 2. The first kappa shape index (κ1) is 11.5. The van der Waals surface area contributed by atoms with Gasteiger partial charge in [-0.1, -0.05) is 90.3 Å². The summed E-state index contributed by atoms with van der Waals surface area (Å²) in [5, 5.41) is 12.2. The number of halogens is 1. The molecule has 128 valence electrons. The summed E-state index contributed by atoms with van der Waals surface area (Å²) in [6.45, 7) is 0. The van der Waals surface area contributed by atoms with Crippen LogP contribution >= 0.6 is 11.6 Å². The average molecular weight is 372 g/mol. The van der Waals surface area contributed by atoms with Crippen molar-refractivity contribution in [3.05, 3.63) is 96.0 Å². The number of rotatable bonds is 2. The van der Waals surface area contributed by atoms with Crippen LogP contribution in [0.2, 0.25) is 5.15 Å². The molecule has 0 aliphatic carbocycles. The topological polar surface area (TPSA) is 25.8 Å². The molecule has 0 amide bonds. The van der Waals surface area contributed by atoms with E-state index in [9.17, 15) is 0 Å². The van der Waals surface area contributed by atoms with E-state index in [2.05, 4.69) is 10.2 Å². The molecular weight excluding hydrogens is 352 g/mol. The summed E-state index contributed by atoms with van der Waals surface area (Å²) < 4.78 is 40.2. The summed E-state index contributed by atoms with van der Waals surface area (Å²) >= 11 is 6.37. The molecule has 0 N–H and O–H groups in total. The molecule has 4 aromatic carbocycles. The summed E-state index contributed by atoms with van der Waals surface area (Å²) in [4.78, 5) is 0. The SMILES string of the molecule is [2H]c1c([2H])c([2H])c(-c2ccc3c(-c4ccc5ccccc5c4)nnc(Cl)c3c2)c([2H])c1[2H]. The number of fused-ring (bicyclic) bond motifs is 2. The van der Waals surface area contributed by atoms with E-state index in [0.29, 0.717) is 16.6 Å². The fraction of sp³-hybridized carbons (Fsp3) is 0. The molecule has 1 heterocycles. The summed E-state index contributed by atoms with van der Waals surface area (Å²) in [5.41, 5.74) is 2.13. The van der Waals surface area contributed by atoms with Gasteiger partial charge in [-0.25, -0.2) is 0 Å². The van der Waals surface area contributed by atoms with E-state index >= 15 is 0 Å². The van der Waals surface area contributed by atoms with Crippen molar-refractivity contribution in [3.63, 3.8) is 0 Å². The Morgan fingerprint density at radius 2 is 1.44 bits per heavy atom. The summed E-state index contributed by atoms with van der Waals surface area (Å²) in [6, 6.07) is 17.6. The lowest BCUT2D eigenvalue weighted by atomic mass is 9.98. The summed E-state index contributed by atoms with van der Waals surface area (Å²) in [5.74, 6) is 0. The zero-order chi connectivity index (χ0) is 22.6. The van der Waals surface area contributed by atoms with Gasteiger partial charge in [0.15, 0.2) is 5.15 Å². The molecule has 5 rings (SSSR count). The largest absolute Gasteiger partial charge is 0.159 e. The van der Waals surface area contributed by atoms with Crippen molar-refractivity contribution in [3.8, 4) is 22.4 Å². The van der Waals surface area contributed by atoms with Crippen LogP contribution in [-0.4, -0.2) is 10.2 Å². The van der Waals surface area contributed by atoms with Crippen molar-refractivity contribution in [2.24, 2.45) is 0 Å². The zero-order valence-electron chi connectivity index (χ0n) is 19.0. The van der Waals surface area contributed by atoms with Gasteiger partial charge in [0, 0.05) is 16.3 Å². The van der Waals surface area contributed by atoms with Gasteiger partial charge in [-0.3, -0.25) is 0 Å². The van der Waals surface area contributed by atoms with E-state index in [-0.39, 0.29) is 34.9 Å². The van der Waals surface area contributed by atoms with E-state index in [4.69, 9.17) is 18.5 Å². The van der Waals surface area contributed by atoms with Crippen molar-refractivity contribution < 1.29 is 6.85 Å². The number of hydrogen-bond acceptors (Lipinski definition) is 2. The van der Waals surface area contributed by atoms with Gasteiger partial charge in [-0.15, -0.1) is 10.2 Å². The molecule has 0 fully saturated rings. The van der Waals surface area contributed by atoms with Gasteiger partial charge in [0.1, 0.15) is 5.69 Å². The minimum Gasteiger partial charge on any atom is -0.148 e. The maximum absolute atomic E-state index is 8.25. The van der Waals surface area contributed by atoms with Gasteiger partial charge in [-0.05, 0) is 34.0 Å². The molecule has 0 bridgehead atoms. The molecular formula is C24H15ClN2. The molecule has 0 radical (unpaired) electrons. The molecule has 0 atom stereocenters. The van der Waals surface area contributed by atoms with E-state index in [1.54, 1.807) is 18.2 Å². The second kappa shape index (κ2) is 6.49. The Labute approximate surface area is 169 Å². The smallest absolute Gasteiger partial charge is 0.148 e. The lowest BCUT2D eigenvalue weighted by molar-refractivity contribution is 1.06. The predicted octanol–water partition coefficient (Wildman–Crippen LogP) is 6.77. The monoisotopic (exact) mass is 371 g/mol. The quantitative estimate of drug-likeness (QED) is 0.342. The molecule has 0 unspecified atom stereocenters. The highest BCUT2D eigenvalue weighted by Crippen LogP contribution is 2.34. The van der Waals surface area contributed by atoms with Crippen molar-refractivity contribution in [1.82, 2.24) is 10.2 Å². The molecule has 3 heteroatoms. The number of benzene rings is 4. The molecule has 0 saturated carbocycles. The van der Waals surface area contributed by atoms with Crippen LogP contribution in [0, 0.1) is 0 Å². The zero-order valence-corrected chi connectivity index (χ0v) is 14.8. The Morgan fingerprint density at radius 3 is 2.30 bits per heavy atom. The highest BCUT2D eigenvalue weighted by atomic mass is 35.5. The standard InChI is InChI=1S/C24H15ClN2/c25-24-22-15-19(16-6-2-1-3-7-16)12-13-21(22)23(26-27-24)20-11-10-17-8-4-5-9-18(17)14-20/h1-15H/i1D,2D,3D,6D,7D. The Kier molecular flexibility index (Phi) is 2.76. The van der Waals surface area contributed by atoms with Crippen LogP contribution in [0.25, 0.3) is 43.9 Å². The minimum atomic E-state index is -0.424. The number of aromatic nitrogens is 2. The van der Waals surface area contributed by atoms with Crippen LogP contribution < -0.4 is 0 Å². The van der Waals surface area contributed by atoms with Crippen molar-refractivity contribution in [2.75, 3.05) is 0 Å². The van der Waals surface area contributed by atoms with Gasteiger partial charge < -0.3 is 0 Å². The average Bonchev–Trinajstić information content (AvgIpc) is 2.82. The maximum Gasteiger partial charge on any atom is 0.159 e. The Bertz CT molecular complexity index is 1520. The van der Waals surface area contributed by atoms with Crippen LogP contribution in [0.3, 0.4) is 0 Å². The lowest BCUT2D eigenvalue weighted by Crippen LogP contribution is -1.92. The molecule has 0 spiro atoms. The van der Waals surface area contributed by atoms with Crippen molar-refractivity contribution >= 4 is 33.1 Å². The van der Waals surface area contributed by atoms with Crippen molar-refractivity contribution in [2.45, 2.75) is 0 Å². The van der Waals surface area contributed by atoms with Crippen LogP contribution in [0.1, 0.15) is 6.85 Å². The predicted molar refractivity (Wildman–Crippen MR) is 113 cm³/mol. The van der Waals surface area contributed by atoms with Crippen LogP contribution in [0.5, 0.6) is 0 Å². The molecule has 5 aromatic rings. The Morgan fingerprint density at radius 1 is 0.667 bits per heavy atom. The van der Waals surface area contributed by atoms with E-state index in [1.165, 1.54) is 0 Å². The van der Waals surface area contributed by atoms with E-state index in [1.807, 2.05) is 42.5 Å². The van der Waals surface area contributed by atoms with Crippen molar-refractivity contribution in [1.29, 1.82) is 0 Å². The first-order valence-corrected chi connectivity index (χ1v) is 8.77. The molecule has 27 heavy (non-hydrogen) atoms. The van der Waals surface area contributed by atoms with E-state index < -0.39 is 6.04 Å². The molecule has 1 aromatic heterocycles. The highest BCUT2D eigenvalue weighted by molar-refractivity contribution is 6.34. The highest BCUT2D eigenvalue weighted by Gasteiger charge is 2.12.